The van der Waals surface area contributed by atoms with E-state index in [1.165, 1.54) is 25.9 Å². The topological polar surface area (TPSA) is 35.6 Å². The number of hydrogen-bond acceptors (Lipinski definition) is 3. The maximum absolute atomic E-state index is 12.3. The second-order valence-corrected chi connectivity index (χ2v) is 5.81. The number of nitrogens with one attached hydrogen (secondary N) is 1. The monoisotopic (exact) mass is 239 g/mol. The van der Waals surface area contributed by atoms with Gasteiger partial charge in [0, 0.05) is 19.1 Å². The molecule has 2 heterocycles. The van der Waals surface area contributed by atoms with E-state index in [0.717, 1.165) is 19.5 Å². The van der Waals surface area contributed by atoms with Gasteiger partial charge in [0.1, 0.15) is 0 Å². The van der Waals surface area contributed by atoms with Crippen LogP contribution in [0.1, 0.15) is 33.1 Å². The molecule has 0 radical (unpaired) electrons. The smallest absolute Gasteiger partial charge is 0.242 e. The molecule has 1 amide bonds. The average molecular weight is 239 g/mol. The zero-order valence-electron chi connectivity index (χ0n) is 11.3. The Labute approximate surface area is 104 Å². The molecule has 0 aromatic rings. The molecule has 2 aliphatic rings. The van der Waals surface area contributed by atoms with Crippen LogP contribution in [0.2, 0.25) is 0 Å². The van der Waals surface area contributed by atoms with Crippen LogP contribution in [-0.2, 0) is 4.79 Å². The van der Waals surface area contributed by atoms with Crippen LogP contribution in [0.4, 0.5) is 0 Å². The van der Waals surface area contributed by atoms with Crippen molar-refractivity contribution in [3.8, 4) is 0 Å². The quantitative estimate of drug-likeness (QED) is 0.787. The van der Waals surface area contributed by atoms with Crippen LogP contribution < -0.4 is 5.32 Å². The first-order valence-electron chi connectivity index (χ1n) is 6.77. The van der Waals surface area contributed by atoms with Gasteiger partial charge in [-0.2, -0.15) is 0 Å². The molecule has 4 nitrogen and oxygen atoms in total. The molecule has 2 rings (SSSR count). The molecular weight excluding hydrogens is 214 g/mol. The summed E-state index contributed by atoms with van der Waals surface area (Å²) < 4.78 is 0. The Balaban J connectivity index is 1.91. The third-order valence-corrected chi connectivity index (χ3v) is 4.27. The fourth-order valence-corrected chi connectivity index (χ4v) is 2.83. The van der Waals surface area contributed by atoms with Crippen LogP contribution in [0.15, 0.2) is 0 Å². The van der Waals surface area contributed by atoms with Crippen molar-refractivity contribution in [2.75, 3.05) is 33.2 Å². The maximum atomic E-state index is 12.3. The number of nitrogens with zero attached hydrogens (tertiary/aromatic N) is 2. The first kappa shape index (κ1) is 12.8. The van der Waals surface area contributed by atoms with Crippen molar-refractivity contribution in [1.82, 2.24) is 15.1 Å². The van der Waals surface area contributed by atoms with Crippen LogP contribution in [0, 0.1) is 0 Å². The average Bonchev–Trinajstić information content (AvgIpc) is 2.98. The summed E-state index contributed by atoms with van der Waals surface area (Å²) >= 11 is 0. The Morgan fingerprint density at radius 3 is 2.47 bits per heavy atom. The lowest BCUT2D eigenvalue weighted by Crippen LogP contribution is -2.52. The van der Waals surface area contributed by atoms with Crippen LogP contribution in [0.5, 0.6) is 0 Å². The molecule has 0 spiro atoms. The molecule has 1 N–H and O–H groups in total. The summed E-state index contributed by atoms with van der Waals surface area (Å²) in [5, 5.41) is 3.10. The Hall–Kier alpha value is -0.610. The van der Waals surface area contributed by atoms with Crippen molar-refractivity contribution in [3.05, 3.63) is 0 Å². The molecule has 0 aliphatic carbocycles. The molecule has 98 valence electrons. The fraction of sp³-hybridized carbons (Fsp3) is 0.923. The highest BCUT2D eigenvalue weighted by Gasteiger charge is 2.36. The summed E-state index contributed by atoms with van der Waals surface area (Å²) in [7, 11) is 1.85. The summed E-state index contributed by atoms with van der Waals surface area (Å²) in [6.45, 7) is 8.20. The third-order valence-electron chi connectivity index (χ3n) is 4.27. The molecule has 0 bridgehead atoms. The van der Waals surface area contributed by atoms with Crippen LogP contribution in [-0.4, -0.2) is 60.5 Å². The SMILES string of the molecule is CNC(C)(C)C(=O)N1CCC(N2CCCC2)C1. The van der Waals surface area contributed by atoms with E-state index in [9.17, 15) is 4.79 Å². The first-order chi connectivity index (χ1) is 8.04. The molecule has 2 fully saturated rings. The summed E-state index contributed by atoms with van der Waals surface area (Å²) in [4.78, 5) is 16.9. The van der Waals surface area contributed by atoms with Gasteiger partial charge in [-0.05, 0) is 53.2 Å². The predicted molar refractivity (Wildman–Crippen MR) is 68.9 cm³/mol. The first-order valence-corrected chi connectivity index (χ1v) is 6.77. The molecule has 2 aliphatic heterocycles. The Bertz CT molecular complexity index is 284. The molecule has 1 unspecified atom stereocenters. The number of amides is 1. The molecular formula is C13H25N3O. The van der Waals surface area contributed by atoms with Gasteiger partial charge < -0.3 is 10.2 Å². The Morgan fingerprint density at radius 1 is 1.24 bits per heavy atom. The summed E-state index contributed by atoms with van der Waals surface area (Å²) in [5.74, 6) is 0.238. The van der Waals surface area contributed by atoms with Crippen molar-refractivity contribution in [3.63, 3.8) is 0 Å². The van der Waals surface area contributed by atoms with Gasteiger partial charge in [0.25, 0.3) is 0 Å². The van der Waals surface area contributed by atoms with Crippen LogP contribution in [0.3, 0.4) is 0 Å². The van der Waals surface area contributed by atoms with Gasteiger partial charge in [-0.1, -0.05) is 0 Å². The van der Waals surface area contributed by atoms with Gasteiger partial charge in [0.05, 0.1) is 5.54 Å². The highest BCUT2D eigenvalue weighted by Crippen LogP contribution is 2.22. The fourth-order valence-electron chi connectivity index (χ4n) is 2.83. The normalized spacial score (nSPS) is 26.8. The van der Waals surface area contributed by atoms with Crippen molar-refractivity contribution in [2.45, 2.75) is 44.7 Å². The molecule has 1 atom stereocenters. The van der Waals surface area contributed by atoms with Crippen molar-refractivity contribution < 1.29 is 4.79 Å². The zero-order chi connectivity index (χ0) is 12.5. The van der Waals surface area contributed by atoms with E-state index in [0.29, 0.717) is 6.04 Å². The van der Waals surface area contributed by atoms with E-state index in [4.69, 9.17) is 0 Å². The lowest BCUT2D eigenvalue weighted by Gasteiger charge is -2.30. The minimum absolute atomic E-state index is 0.238. The molecule has 0 aromatic heterocycles. The minimum atomic E-state index is -0.431. The molecule has 17 heavy (non-hydrogen) atoms. The van der Waals surface area contributed by atoms with Crippen molar-refractivity contribution in [2.24, 2.45) is 0 Å². The molecule has 0 saturated carbocycles. The summed E-state index contributed by atoms with van der Waals surface area (Å²) in [6, 6.07) is 0.606. The number of likely N-dealkylation sites (tertiary alicyclic amines) is 2. The second kappa shape index (κ2) is 4.94. The standard InChI is InChI=1S/C13H25N3O/c1-13(2,14-3)12(17)16-9-6-11(10-16)15-7-4-5-8-15/h11,14H,4-10H2,1-3H3. The molecule has 4 heteroatoms. The Kier molecular flexibility index (Phi) is 3.73. The van der Waals surface area contributed by atoms with Gasteiger partial charge >= 0.3 is 0 Å². The largest absolute Gasteiger partial charge is 0.339 e. The number of rotatable bonds is 3. The van der Waals surface area contributed by atoms with E-state index < -0.39 is 5.54 Å². The summed E-state index contributed by atoms with van der Waals surface area (Å²) in [5.41, 5.74) is -0.431. The van der Waals surface area contributed by atoms with E-state index in [1.54, 1.807) is 0 Å². The van der Waals surface area contributed by atoms with E-state index in [2.05, 4.69) is 10.2 Å². The van der Waals surface area contributed by atoms with Crippen molar-refractivity contribution in [1.29, 1.82) is 0 Å². The van der Waals surface area contributed by atoms with Crippen molar-refractivity contribution >= 4 is 5.91 Å². The van der Waals surface area contributed by atoms with Gasteiger partial charge in [0.2, 0.25) is 5.91 Å². The van der Waals surface area contributed by atoms with Gasteiger partial charge in [-0.25, -0.2) is 0 Å². The Morgan fingerprint density at radius 2 is 1.88 bits per heavy atom. The van der Waals surface area contributed by atoms with Gasteiger partial charge in [-0.3, -0.25) is 9.69 Å². The maximum Gasteiger partial charge on any atom is 0.242 e. The van der Waals surface area contributed by atoms with E-state index >= 15 is 0 Å². The second-order valence-electron chi connectivity index (χ2n) is 5.81. The lowest BCUT2D eigenvalue weighted by molar-refractivity contribution is -0.136. The third kappa shape index (κ3) is 2.63. The highest BCUT2D eigenvalue weighted by atomic mass is 16.2. The number of carbonyl (C=O) groups is 1. The zero-order valence-corrected chi connectivity index (χ0v) is 11.3. The number of likely N-dealkylation sites (N-methyl/N-ethyl adjacent to an activating group) is 1. The van der Waals surface area contributed by atoms with Gasteiger partial charge in [-0.15, -0.1) is 0 Å². The minimum Gasteiger partial charge on any atom is -0.339 e. The number of carbonyl (C=O) groups excluding carboxylic acids is 1. The molecule has 2 saturated heterocycles. The predicted octanol–water partition coefficient (Wildman–Crippen LogP) is 0.681. The lowest BCUT2D eigenvalue weighted by atomic mass is 10.0. The van der Waals surface area contributed by atoms with Gasteiger partial charge in [0.15, 0.2) is 0 Å². The molecule has 0 aromatic carbocycles. The van der Waals surface area contributed by atoms with Crippen LogP contribution in [0.25, 0.3) is 0 Å². The van der Waals surface area contributed by atoms with E-state index in [-0.39, 0.29) is 5.91 Å². The van der Waals surface area contributed by atoms with Crippen LogP contribution >= 0.6 is 0 Å². The number of hydrogen-bond donors (Lipinski definition) is 1. The summed E-state index contributed by atoms with van der Waals surface area (Å²) in [6.07, 6.45) is 3.80. The highest BCUT2D eigenvalue weighted by molar-refractivity contribution is 5.85. The van der Waals surface area contributed by atoms with E-state index in [1.807, 2.05) is 25.8 Å².